The fourth-order valence-electron chi connectivity index (χ4n) is 1.77. The van der Waals surface area contributed by atoms with Crippen LogP contribution in [0.25, 0.3) is 0 Å². The number of amides is 1. The van der Waals surface area contributed by atoms with E-state index < -0.39 is 0 Å². The standard InChI is InChI=1S/C8H14N4O/c1-11-7(13)6(9)2-4-12-5-3-10-8(11)12/h6H,2-5,9H2,1H3. The van der Waals surface area contributed by atoms with Crippen molar-refractivity contribution in [2.45, 2.75) is 12.5 Å². The van der Waals surface area contributed by atoms with Gasteiger partial charge >= 0.3 is 0 Å². The van der Waals surface area contributed by atoms with Crippen molar-refractivity contribution in [1.29, 1.82) is 0 Å². The minimum atomic E-state index is -0.363. The zero-order chi connectivity index (χ0) is 9.42. The van der Waals surface area contributed by atoms with Gasteiger partial charge in [-0.1, -0.05) is 0 Å². The van der Waals surface area contributed by atoms with Gasteiger partial charge in [-0.3, -0.25) is 14.7 Å². The number of carbonyl (C=O) groups excluding carboxylic acids is 1. The van der Waals surface area contributed by atoms with E-state index in [2.05, 4.69) is 9.89 Å². The molecule has 2 aliphatic rings. The third-order valence-electron chi connectivity index (χ3n) is 2.56. The molecular weight excluding hydrogens is 168 g/mol. The SMILES string of the molecule is CN1C(=O)C(N)CCN2CCN=C21. The molecule has 1 amide bonds. The van der Waals surface area contributed by atoms with E-state index in [0.29, 0.717) is 0 Å². The molecule has 1 saturated heterocycles. The molecule has 5 nitrogen and oxygen atoms in total. The van der Waals surface area contributed by atoms with E-state index in [-0.39, 0.29) is 11.9 Å². The van der Waals surface area contributed by atoms with Crippen molar-refractivity contribution < 1.29 is 4.79 Å². The molecule has 1 atom stereocenters. The molecule has 2 heterocycles. The van der Waals surface area contributed by atoms with Crippen LogP contribution in [0.15, 0.2) is 4.99 Å². The first-order valence-corrected chi connectivity index (χ1v) is 4.52. The lowest BCUT2D eigenvalue weighted by atomic mass is 10.2. The Morgan fingerprint density at radius 1 is 1.54 bits per heavy atom. The van der Waals surface area contributed by atoms with Gasteiger partial charge in [-0.25, -0.2) is 0 Å². The summed E-state index contributed by atoms with van der Waals surface area (Å²) in [6, 6.07) is -0.363. The van der Waals surface area contributed by atoms with Crippen molar-refractivity contribution in [2.24, 2.45) is 10.7 Å². The Hall–Kier alpha value is -1.10. The second-order valence-corrected chi connectivity index (χ2v) is 3.46. The number of likely N-dealkylation sites (N-methyl/N-ethyl adjacent to an activating group) is 1. The maximum atomic E-state index is 11.6. The monoisotopic (exact) mass is 182 g/mol. The zero-order valence-electron chi connectivity index (χ0n) is 7.73. The molecule has 2 aliphatic heterocycles. The first kappa shape index (κ1) is 8.50. The summed E-state index contributed by atoms with van der Waals surface area (Å²) in [5.41, 5.74) is 5.70. The number of carbonyl (C=O) groups is 1. The lowest BCUT2D eigenvalue weighted by Crippen LogP contribution is -2.44. The number of hydrogen-bond donors (Lipinski definition) is 1. The van der Waals surface area contributed by atoms with Crippen molar-refractivity contribution in [2.75, 3.05) is 26.7 Å². The fourth-order valence-corrected chi connectivity index (χ4v) is 1.77. The van der Waals surface area contributed by atoms with E-state index in [9.17, 15) is 4.79 Å². The Labute approximate surface area is 77.2 Å². The third-order valence-corrected chi connectivity index (χ3v) is 2.56. The summed E-state index contributed by atoms with van der Waals surface area (Å²) in [5.74, 6) is 0.765. The summed E-state index contributed by atoms with van der Waals surface area (Å²) in [4.78, 5) is 19.5. The van der Waals surface area contributed by atoms with Gasteiger partial charge in [-0.2, -0.15) is 0 Å². The highest BCUT2D eigenvalue weighted by molar-refractivity contribution is 6.00. The molecule has 2 N–H and O–H groups in total. The predicted octanol–water partition coefficient (Wildman–Crippen LogP) is -1.15. The molecule has 0 saturated carbocycles. The maximum Gasteiger partial charge on any atom is 0.245 e. The van der Waals surface area contributed by atoms with Crippen LogP contribution in [0.3, 0.4) is 0 Å². The van der Waals surface area contributed by atoms with E-state index in [1.807, 2.05) is 0 Å². The number of hydrogen-bond acceptors (Lipinski definition) is 4. The Bertz CT molecular complexity index is 263. The molecule has 0 radical (unpaired) electrons. The highest BCUT2D eigenvalue weighted by atomic mass is 16.2. The minimum absolute atomic E-state index is 0.0249. The molecule has 0 aromatic heterocycles. The molecule has 0 spiro atoms. The van der Waals surface area contributed by atoms with Crippen molar-refractivity contribution in [1.82, 2.24) is 9.80 Å². The van der Waals surface area contributed by atoms with Crippen LogP contribution in [0.1, 0.15) is 6.42 Å². The van der Waals surface area contributed by atoms with Crippen molar-refractivity contribution in [3.63, 3.8) is 0 Å². The van der Waals surface area contributed by atoms with Gasteiger partial charge in [-0.15, -0.1) is 0 Å². The van der Waals surface area contributed by atoms with Gasteiger partial charge in [-0.05, 0) is 6.42 Å². The highest BCUT2D eigenvalue weighted by Gasteiger charge is 2.31. The molecule has 1 unspecified atom stereocenters. The number of nitrogens with zero attached hydrogens (tertiary/aromatic N) is 3. The number of fused-ring (bicyclic) bond motifs is 1. The van der Waals surface area contributed by atoms with E-state index in [0.717, 1.165) is 32.0 Å². The Balaban J connectivity index is 2.25. The van der Waals surface area contributed by atoms with Crippen LogP contribution in [0.5, 0.6) is 0 Å². The Morgan fingerprint density at radius 2 is 2.31 bits per heavy atom. The first-order chi connectivity index (χ1) is 6.20. The van der Waals surface area contributed by atoms with Gasteiger partial charge in [0.2, 0.25) is 11.9 Å². The van der Waals surface area contributed by atoms with Gasteiger partial charge in [0.1, 0.15) is 0 Å². The maximum absolute atomic E-state index is 11.6. The zero-order valence-corrected chi connectivity index (χ0v) is 7.73. The van der Waals surface area contributed by atoms with E-state index in [4.69, 9.17) is 5.73 Å². The quantitative estimate of drug-likeness (QED) is 0.514. The molecule has 0 aromatic rings. The van der Waals surface area contributed by atoms with E-state index >= 15 is 0 Å². The highest BCUT2D eigenvalue weighted by Crippen LogP contribution is 2.12. The Kier molecular flexibility index (Phi) is 1.95. The van der Waals surface area contributed by atoms with Crippen LogP contribution in [-0.4, -0.2) is 54.4 Å². The average molecular weight is 182 g/mol. The van der Waals surface area contributed by atoms with Gasteiger partial charge in [0, 0.05) is 20.1 Å². The summed E-state index contributed by atoms with van der Waals surface area (Å²) in [5, 5.41) is 0. The van der Waals surface area contributed by atoms with Gasteiger partial charge in [0.05, 0.1) is 12.6 Å². The van der Waals surface area contributed by atoms with Crippen LogP contribution in [-0.2, 0) is 4.79 Å². The molecule has 1 fully saturated rings. The van der Waals surface area contributed by atoms with Crippen LogP contribution < -0.4 is 5.73 Å². The fraction of sp³-hybridized carbons (Fsp3) is 0.750. The molecule has 13 heavy (non-hydrogen) atoms. The molecule has 0 bridgehead atoms. The predicted molar refractivity (Wildman–Crippen MR) is 49.2 cm³/mol. The molecule has 0 aromatic carbocycles. The van der Waals surface area contributed by atoms with Gasteiger partial charge in [0.15, 0.2) is 0 Å². The second kappa shape index (κ2) is 2.99. The van der Waals surface area contributed by atoms with Crippen molar-refractivity contribution >= 4 is 11.9 Å². The third kappa shape index (κ3) is 1.29. The number of aliphatic imine (C=N–C) groups is 1. The summed E-state index contributed by atoms with van der Waals surface area (Å²) < 4.78 is 0. The molecule has 0 aliphatic carbocycles. The number of rotatable bonds is 0. The van der Waals surface area contributed by atoms with Crippen LogP contribution in [0, 0.1) is 0 Å². The summed E-state index contributed by atoms with van der Waals surface area (Å²) in [7, 11) is 1.74. The first-order valence-electron chi connectivity index (χ1n) is 4.52. The molecule has 72 valence electrons. The van der Waals surface area contributed by atoms with Crippen molar-refractivity contribution in [3.8, 4) is 0 Å². The molecule has 2 rings (SSSR count). The largest absolute Gasteiger partial charge is 0.341 e. The normalized spacial score (nSPS) is 28.6. The minimum Gasteiger partial charge on any atom is -0.341 e. The topological polar surface area (TPSA) is 61.9 Å². The Morgan fingerprint density at radius 3 is 3.08 bits per heavy atom. The number of guanidine groups is 1. The summed E-state index contributed by atoms with van der Waals surface area (Å²) >= 11 is 0. The van der Waals surface area contributed by atoms with E-state index in [1.54, 1.807) is 11.9 Å². The molecular formula is C8H14N4O. The molecule has 5 heteroatoms. The van der Waals surface area contributed by atoms with Crippen LogP contribution in [0.2, 0.25) is 0 Å². The summed E-state index contributed by atoms with van der Waals surface area (Å²) in [6.07, 6.45) is 0.724. The second-order valence-electron chi connectivity index (χ2n) is 3.46. The average Bonchev–Trinajstić information content (AvgIpc) is 2.56. The summed E-state index contributed by atoms with van der Waals surface area (Å²) in [6.45, 7) is 2.55. The van der Waals surface area contributed by atoms with E-state index in [1.165, 1.54) is 0 Å². The smallest absolute Gasteiger partial charge is 0.245 e. The lowest BCUT2D eigenvalue weighted by Gasteiger charge is -2.22. The van der Waals surface area contributed by atoms with Gasteiger partial charge < -0.3 is 10.6 Å². The lowest BCUT2D eigenvalue weighted by molar-refractivity contribution is -0.127. The number of nitrogens with two attached hydrogens (primary N) is 1. The van der Waals surface area contributed by atoms with Crippen molar-refractivity contribution in [3.05, 3.63) is 0 Å². The van der Waals surface area contributed by atoms with Crippen LogP contribution >= 0.6 is 0 Å². The van der Waals surface area contributed by atoms with Crippen LogP contribution in [0.4, 0.5) is 0 Å². The van der Waals surface area contributed by atoms with Gasteiger partial charge in [0.25, 0.3) is 0 Å².